The van der Waals surface area contributed by atoms with Gasteiger partial charge in [0, 0.05) is 23.0 Å². The lowest BCUT2D eigenvalue weighted by Crippen LogP contribution is -2.07. The van der Waals surface area contributed by atoms with Crippen LogP contribution >= 0.6 is 0 Å². The molecule has 0 saturated heterocycles. The number of benzene rings is 1. The number of nitrogens with zero attached hydrogens (tertiary/aromatic N) is 2. The molecule has 2 aromatic rings. The average molecular weight is 281 g/mol. The Bertz CT molecular complexity index is 733. The molecule has 5 nitrogen and oxygen atoms in total. The van der Waals surface area contributed by atoms with E-state index in [1.54, 1.807) is 13.8 Å². The van der Waals surface area contributed by atoms with E-state index in [4.69, 9.17) is 6.42 Å². The molecule has 0 saturated carbocycles. The molecule has 0 spiro atoms. The molecule has 0 unspecified atom stereocenters. The van der Waals surface area contributed by atoms with E-state index in [1.165, 1.54) is 6.20 Å². The molecule has 1 aromatic carbocycles. The van der Waals surface area contributed by atoms with E-state index in [9.17, 15) is 10.1 Å². The largest absolute Gasteiger partial charge is 0.379 e. The van der Waals surface area contributed by atoms with Gasteiger partial charge in [-0.3, -0.25) is 15.1 Å². The predicted octanol–water partition coefficient (Wildman–Crippen LogP) is 3.20. The van der Waals surface area contributed by atoms with Crippen LogP contribution in [-0.4, -0.2) is 9.91 Å². The molecule has 106 valence electrons. The summed E-state index contributed by atoms with van der Waals surface area (Å²) in [5.41, 5.74) is 3.56. The van der Waals surface area contributed by atoms with Gasteiger partial charge < -0.3 is 5.32 Å². The monoisotopic (exact) mass is 281 g/mol. The van der Waals surface area contributed by atoms with Gasteiger partial charge in [-0.05, 0) is 32.0 Å². The van der Waals surface area contributed by atoms with Crippen LogP contribution in [0.1, 0.15) is 22.4 Å². The molecule has 0 amide bonds. The maximum atomic E-state index is 11.1. The number of hydrogen-bond acceptors (Lipinski definition) is 4. The van der Waals surface area contributed by atoms with Crippen molar-refractivity contribution in [3.63, 3.8) is 0 Å². The lowest BCUT2D eigenvalue weighted by atomic mass is 10.1. The predicted molar refractivity (Wildman–Crippen MR) is 82.1 cm³/mol. The van der Waals surface area contributed by atoms with Crippen molar-refractivity contribution in [2.24, 2.45) is 0 Å². The summed E-state index contributed by atoms with van der Waals surface area (Å²) in [6, 6.07) is 7.43. The smallest absolute Gasteiger partial charge is 0.278 e. The van der Waals surface area contributed by atoms with Gasteiger partial charge in [-0.15, -0.1) is 6.42 Å². The summed E-state index contributed by atoms with van der Waals surface area (Å²) in [5, 5.41) is 14.3. The lowest BCUT2D eigenvalue weighted by Gasteiger charge is -2.10. The van der Waals surface area contributed by atoms with Crippen molar-refractivity contribution in [1.82, 2.24) is 4.98 Å². The minimum atomic E-state index is -0.366. The Balaban J connectivity index is 2.23. The van der Waals surface area contributed by atoms with Crippen molar-refractivity contribution < 1.29 is 4.92 Å². The van der Waals surface area contributed by atoms with Crippen LogP contribution < -0.4 is 5.32 Å². The second-order valence-electron chi connectivity index (χ2n) is 4.70. The van der Waals surface area contributed by atoms with Crippen LogP contribution in [0.2, 0.25) is 0 Å². The van der Waals surface area contributed by atoms with Gasteiger partial charge in [0.1, 0.15) is 0 Å². The molecule has 0 aliphatic heterocycles. The number of aryl methyl sites for hydroxylation is 1. The van der Waals surface area contributed by atoms with Crippen molar-refractivity contribution >= 4 is 11.4 Å². The quantitative estimate of drug-likeness (QED) is 0.531. The minimum absolute atomic E-state index is 0.124. The molecule has 0 fully saturated rings. The SMILES string of the molecule is C#Cc1cccc(NCc2ncc(C)c([N+](=O)[O-])c2C)c1. The summed E-state index contributed by atoms with van der Waals surface area (Å²) in [6.07, 6.45) is 6.88. The molecule has 0 aliphatic rings. The van der Waals surface area contributed by atoms with Crippen molar-refractivity contribution in [1.29, 1.82) is 0 Å². The van der Waals surface area contributed by atoms with Gasteiger partial charge in [-0.2, -0.15) is 0 Å². The fourth-order valence-electron chi connectivity index (χ4n) is 2.13. The van der Waals surface area contributed by atoms with Gasteiger partial charge >= 0.3 is 0 Å². The first-order chi connectivity index (χ1) is 10.0. The Kier molecular flexibility index (Phi) is 4.19. The van der Waals surface area contributed by atoms with E-state index in [1.807, 2.05) is 24.3 Å². The third kappa shape index (κ3) is 3.18. The first-order valence-corrected chi connectivity index (χ1v) is 6.43. The van der Waals surface area contributed by atoms with Crippen LogP contribution in [-0.2, 0) is 6.54 Å². The van der Waals surface area contributed by atoms with Crippen LogP contribution in [0, 0.1) is 36.3 Å². The standard InChI is InChI=1S/C16H15N3O2/c1-4-13-6-5-7-14(8-13)17-10-15-12(3)16(19(20)21)11(2)9-18-15/h1,5-9,17H,10H2,2-3H3. The third-order valence-corrected chi connectivity index (χ3v) is 3.25. The van der Waals surface area contributed by atoms with Gasteiger partial charge in [0.2, 0.25) is 0 Å². The molecule has 0 aliphatic carbocycles. The molecule has 1 heterocycles. The minimum Gasteiger partial charge on any atom is -0.379 e. The highest BCUT2D eigenvalue weighted by molar-refractivity contribution is 5.52. The number of terminal acetylenes is 1. The zero-order chi connectivity index (χ0) is 15.4. The Hall–Kier alpha value is -2.87. The highest BCUT2D eigenvalue weighted by atomic mass is 16.6. The summed E-state index contributed by atoms with van der Waals surface area (Å²) < 4.78 is 0. The van der Waals surface area contributed by atoms with Gasteiger partial charge in [0.05, 0.1) is 22.7 Å². The highest BCUT2D eigenvalue weighted by Gasteiger charge is 2.18. The number of hydrogen-bond donors (Lipinski definition) is 1. The topological polar surface area (TPSA) is 68.1 Å². The first-order valence-electron chi connectivity index (χ1n) is 6.43. The number of nitro groups is 1. The normalized spacial score (nSPS) is 9.95. The van der Waals surface area contributed by atoms with E-state index < -0.39 is 0 Å². The summed E-state index contributed by atoms with van der Waals surface area (Å²) in [6.45, 7) is 3.81. The number of anilines is 1. The number of rotatable bonds is 4. The van der Waals surface area contributed by atoms with Gasteiger partial charge in [-0.1, -0.05) is 12.0 Å². The average Bonchev–Trinajstić information content (AvgIpc) is 2.46. The fourth-order valence-corrected chi connectivity index (χ4v) is 2.13. The third-order valence-electron chi connectivity index (χ3n) is 3.25. The Morgan fingerprint density at radius 2 is 2.19 bits per heavy atom. The van der Waals surface area contributed by atoms with E-state index in [2.05, 4.69) is 16.2 Å². The van der Waals surface area contributed by atoms with Crippen LogP contribution in [0.3, 0.4) is 0 Å². The Labute approximate surface area is 123 Å². The molecule has 0 radical (unpaired) electrons. The van der Waals surface area contributed by atoms with E-state index >= 15 is 0 Å². The van der Waals surface area contributed by atoms with Crippen molar-refractivity contribution in [3.05, 3.63) is 63.0 Å². The summed E-state index contributed by atoms with van der Waals surface area (Å²) in [7, 11) is 0. The molecule has 0 bridgehead atoms. The molecular formula is C16H15N3O2. The molecule has 2 rings (SSSR count). The van der Waals surface area contributed by atoms with E-state index in [-0.39, 0.29) is 10.6 Å². The molecular weight excluding hydrogens is 266 g/mol. The highest BCUT2D eigenvalue weighted by Crippen LogP contribution is 2.24. The lowest BCUT2D eigenvalue weighted by molar-refractivity contribution is -0.386. The number of aromatic nitrogens is 1. The van der Waals surface area contributed by atoms with E-state index in [0.717, 1.165) is 11.3 Å². The van der Waals surface area contributed by atoms with Gasteiger partial charge in [0.25, 0.3) is 5.69 Å². The Morgan fingerprint density at radius 1 is 1.43 bits per heavy atom. The second kappa shape index (κ2) is 6.06. The van der Waals surface area contributed by atoms with Gasteiger partial charge in [-0.25, -0.2) is 0 Å². The van der Waals surface area contributed by atoms with Crippen LogP contribution in [0.25, 0.3) is 0 Å². The van der Waals surface area contributed by atoms with Crippen molar-refractivity contribution in [2.75, 3.05) is 5.32 Å². The second-order valence-corrected chi connectivity index (χ2v) is 4.70. The van der Waals surface area contributed by atoms with Crippen molar-refractivity contribution in [3.8, 4) is 12.3 Å². The van der Waals surface area contributed by atoms with Crippen molar-refractivity contribution in [2.45, 2.75) is 20.4 Å². The summed E-state index contributed by atoms with van der Waals surface area (Å²) in [4.78, 5) is 15.0. The molecule has 21 heavy (non-hydrogen) atoms. The number of pyridine rings is 1. The summed E-state index contributed by atoms with van der Waals surface area (Å²) >= 11 is 0. The Morgan fingerprint density at radius 3 is 2.86 bits per heavy atom. The zero-order valence-corrected chi connectivity index (χ0v) is 11.9. The van der Waals surface area contributed by atoms with E-state index in [0.29, 0.717) is 23.4 Å². The zero-order valence-electron chi connectivity index (χ0n) is 11.9. The van der Waals surface area contributed by atoms with Crippen LogP contribution in [0.5, 0.6) is 0 Å². The van der Waals surface area contributed by atoms with Crippen LogP contribution in [0.15, 0.2) is 30.5 Å². The molecule has 1 aromatic heterocycles. The maximum Gasteiger partial charge on any atom is 0.278 e. The molecule has 5 heteroatoms. The first kappa shape index (κ1) is 14.5. The molecule has 0 atom stereocenters. The number of nitrogens with one attached hydrogen (secondary N) is 1. The molecule has 1 N–H and O–H groups in total. The fraction of sp³-hybridized carbons (Fsp3) is 0.188. The van der Waals surface area contributed by atoms with Gasteiger partial charge in [0.15, 0.2) is 0 Å². The summed E-state index contributed by atoms with van der Waals surface area (Å²) in [5.74, 6) is 2.56. The maximum absolute atomic E-state index is 11.1. The van der Waals surface area contributed by atoms with Crippen LogP contribution in [0.4, 0.5) is 11.4 Å².